The van der Waals surface area contributed by atoms with Crippen molar-refractivity contribution in [3.05, 3.63) is 11.1 Å². The molecule has 4 N–H and O–H groups in total. The predicted molar refractivity (Wildman–Crippen MR) is 81.9 cm³/mol. The number of likely N-dealkylation sites (tertiary alicyclic amines) is 1. The van der Waals surface area contributed by atoms with Crippen LogP contribution in [0.2, 0.25) is 0 Å². The number of likely N-dealkylation sites (N-methyl/N-ethyl adjacent to an activating group) is 1. The van der Waals surface area contributed by atoms with Crippen molar-refractivity contribution in [3.63, 3.8) is 0 Å². The first kappa shape index (κ1) is 15.7. The third-order valence-electron chi connectivity index (χ3n) is 3.51. The molecule has 7 nitrogen and oxygen atoms in total. The number of piperidine rings is 1. The summed E-state index contributed by atoms with van der Waals surface area (Å²) in [6.45, 7) is 2.07. The van der Waals surface area contributed by atoms with E-state index in [0.717, 1.165) is 25.9 Å². The summed E-state index contributed by atoms with van der Waals surface area (Å²) in [5.74, 6) is 0.00339. The second kappa shape index (κ2) is 7.37. The van der Waals surface area contributed by atoms with Gasteiger partial charge in [0.15, 0.2) is 5.13 Å². The van der Waals surface area contributed by atoms with Gasteiger partial charge < -0.3 is 16.4 Å². The van der Waals surface area contributed by atoms with E-state index in [4.69, 9.17) is 5.73 Å². The maximum Gasteiger partial charge on any atom is 0.233 e. The molecule has 0 unspecified atom stereocenters. The van der Waals surface area contributed by atoms with Crippen LogP contribution in [-0.4, -0.2) is 54.4 Å². The fourth-order valence-electron chi connectivity index (χ4n) is 2.36. The van der Waals surface area contributed by atoms with Crippen molar-refractivity contribution >= 4 is 28.3 Å². The molecule has 2 heterocycles. The largest absolute Gasteiger partial charge is 0.375 e. The number of hydrogen-bond donors (Lipinski definition) is 3. The monoisotopic (exact) mass is 311 g/mol. The van der Waals surface area contributed by atoms with Gasteiger partial charge in [0.25, 0.3) is 0 Å². The Morgan fingerprint density at radius 3 is 2.71 bits per heavy atom. The topological polar surface area (TPSA) is 100 Å². The molecule has 1 fully saturated rings. The van der Waals surface area contributed by atoms with E-state index in [1.54, 1.807) is 12.4 Å². The molecule has 0 saturated carbocycles. The highest BCUT2D eigenvalue weighted by Gasteiger charge is 2.22. The van der Waals surface area contributed by atoms with Gasteiger partial charge in [0, 0.05) is 31.6 Å². The standard InChI is InChI=1S/C13H21N5O2S/c1-15-12(20)7-18-4-2-9(3-5-18)16-11(19)6-10-8-21-13(14)17-10/h8-9H,2-7H2,1H3,(H2,14,17)(H,15,20)(H,16,19). The highest BCUT2D eigenvalue weighted by atomic mass is 32.1. The Balaban J connectivity index is 1.70. The molecule has 116 valence electrons. The molecule has 1 aromatic rings. The molecular formula is C13H21N5O2S. The molecule has 8 heteroatoms. The predicted octanol–water partition coefficient (Wildman–Crippen LogP) is -0.406. The van der Waals surface area contributed by atoms with Crippen LogP contribution in [0.1, 0.15) is 18.5 Å². The minimum atomic E-state index is -0.0231. The number of anilines is 1. The second-order valence-electron chi connectivity index (χ2n) is 5.14. The zero-order chi connectivity index (χ0) is 15.2. The molecule has 0 radical (unpaired) electrons. The Morgan fingerprint density at radius 1 is 1.43 bits per heavy atom. The second-order valence-corrected chi connectivity index (χ2v) is 6.03. The quantitative estimate of drug-likeness (QED) is 0.687. The fraction of sp³-hybridized carbons (Fsp3) is 0.615. The van der Waals surface area contributed by atoms with Gasteiger partial charge in [0.2, 0.25) is 11.8 Å². The zero-order valence-corrected chi connectivity index (χ0v) is 12.9. The van der Waals surface area contributed by atoms with Crippen molar-refractivity contribution in [3.8, 4) is 0 Å². The van der Waals surface area contributed by atoms with Gasteiger partial charge in [-0.2, -0.15) is 0 Å². The van der Waals surface area contributed by atoms with E-state index in [-0.39, 0.29) is 24.3 Å². The van der Waals surface area contributed by atoms with Crippen LogP contribution in [0.5, 0.6) is 0 Å². The Labute approximate surface area is 127 Å². The maximum atomic E-state index is 11.9. The molecular weight excluding hydrogens is 290 g/mol. The minimum absolute atomic E-state index is 0.0231. The lowest BCUT2D eigenvalue weighted by atomic mass is 10.0. The summed E-state index contributed by atoms with van der Waals surface area (Å²) >= 11 is 1.34. The number of aromatic nitrogens is 1. The number of amides is 2. The third-order valence-corrected chi connectivity index (χ3v) is 4.23. The van der Waals surface area contributed by atoms with Crippen LogP contribution in [0.25, 0.3) is 0 Å². The van der Waals surface area contributed by atoms with E-state index in [2.05, 4.69) is 20.5 Å². The molecule has 2 amide bonds. The van der Waals surface area contributed by atoms with Gasteiger partial charge in [0.05, 0.1) is 18.7 Å². The van der Waals surface area contributed by atoms with Crippen LogP contribution >= 0.6 is 11.3 Å². The van der Waals surface area contributed by atoms with E-state index >= 15 is 0 Å². The van der Waals surface area contributed by atoms with E-state index in [1.807, 2.05) is 0 Å². The number of nitrogen functional groups attached to an aromatic ring is 1. The smallest absolute Gasteiger partial charge is 0.233 e. The molecule has 0 spiro atoms. The zero-order valence-electron chi connectivity index (χ0n) is 12.1. The Kier molecular flexibility index (Phi) is 5.51. The van der Waals surface area contributed by atoms with Crippen LogP contribution < -0.4 is 16.4 Å². The Morgan fingerprint density at radius 2 is 2.14 bits per heavy atom. The molecule has 0 aliphatic carbocycles. The first-order valence-electron chi connectivity index (χ1n) is 6.99. The number of rotatable bonds is 5. The van der Waals surface area contributed by atoms with Crippen molar-refractivity contribution in [2.75, 3.05) is 32.4 Å². The number of thiazole rings is 1. The lowest BCUT2D eigenvalue weighted by Gasteiger charge is -2.31. The van der Waals surface area contributed by atoms with E-state index < -0.39 is 0 Å². The summed E-state index contributed by atoms with van der Waals surface area (Å²) in [5.41, 5.74) is 6.26. The number of nitrogens with one attached hydrogen (secondary N) is 2. The van der Waals surface area contributed by atoms with Crippen LogP contribution in [0, 0.1) is 0 Å². The number of hydrogen-bond acceptors (Lipinski definition) is 6. The first-order valence-corrected chi connectivity index (χ1v) is 7.87. The summed E-state index contributed by atoms with van der Waals surface area (Å²) in [7, 11) is 1.64. The van der Waals surface area contributed by atoms with Gasteiger partial charge in [-0.15, -0.1) is 11.3 Å². The summed E-state index contributed by atoms with van der Waals surface area (Å²) < 4.78 is 0. The van der Waals surface area contributed by atoms with Crippen LogP contribution in [0.3, 0.4) is 0 Å². The molecule has 0 aromatic carbocycles. The number of carbonyl (C=O) groups is 2. The van der Waals surface area contributed by atoms with Crippen LogP contribution in [0.4, 0.5) is 5.13 Å². The number of carbonyl (C=O) groups excluding carboxylic acids is 2. The summed E-state index contributed by atoms with van der Waals surface area (Å²) in [6, 6.07) is 0.175. The molecule has 1 aromatic heterocycles. The summed E-state index contributed by atoms with van der Waals surface area (Å²) in [4.78, 5) is 29.4. The molecule has 1 saturated heterocycles. The lowest BCUT2D eigenvalue weighted by molar-refractivity contribution is -0.123. The summed E-state index contributed by atoms with van der Waals surface area (Å²) in [6.07, 6.45) is 2.00. The number of nitrogens with two attached hydrogens (primary N) is 1. The Hall–Kier alpha value is -1.67. The number of nitrogens with zero attached hydrogens (tertiary/aromatic N) is 2. The Bertz CT molecular complexity index is 497. The molecule has 1 aliphatic rings. The molecule has 21 heavy (non-hydrogen) atoms. The van der Waals surface area contributed by atoms with Crippen molar-refractivity contribution in [1.29, 1.82) is 0 Å². The van der Waals surface area contributed by atoms with Gasteiger partial charge in [0.1, 0.15) is 0 Å². The lowest BCUT2D eigenvalue weighted by Crippen LogP contribution is -2.47. The summed E-state index contributed by atoms with van der Waals surface area (Å²) in [5, 5.41) is 7.93. The fourth-order valence-corrected chi connectivity index (χ4v) is 2.93. The van der Waals surface area contributed by atoms with E-state index in [0.29, 0.717) is 17.4 Å². The van der Waals surface area contributed by atoms with Crippen molar-refractivity contribution in [2.45, 2.75) is 25.3 Å². The normalized spacial score (nSPS) is 16.6. The molecule has 1 aliphatic heterocycles. The van der Waals surface area contributed by atoms with Crippen molar-refractivity contribution < 1.29 is 9.59 Å². The van der Waals surface area contributed by atoms with Crippen molar-refractivity contribution in [2.24, 2.45) is 0 Å². The average molecular weight is 311 g/mol. The van der Waals surface area contributed by atoms with Gasteiger partial charge >= 0.3 is 0 Å². The highest BCUT2D eigenvalue weighted by Crippen LogP contribution is 2.13. The van der Waals surface area contributed by atoms with Gasteiger partial charge in [-0.1, -0.05) is 0 Å². The van der Waals surface area contributed by atoms with Gasteiger partial charge in [-0.25, -0.2) is 4.98 Å². The maximum absolute atomic E-state index is 11.9. The molecule has 0 bridgehead atoms. The van der Waals surface area contributed by atoms with Crippen molar-refractivity contribution in [1.82, 2.24) is 20.5 Å². The van der Waals surface area contributed by atoms with E-state index in [1.165, 1.54) is 11.3 Å². The molecule has 0 atom stereocenters. The highest BCUT2D eigenvalue weighted by molar-refractivity contribution is 7.13. The van der Waals surface area contributed by atoms with Gasteiger partial charge in [-0.05, 0) is 12.8 Å². The average Bonchev–Trinajstić information content (AvgIpc) is 2.86. The SMILES string of the molecule is CNC(=O)CN1CCC(NC(=O)Cc2csc(N)n2)CC1. The molecule has 2 rings (SSSR count). The third kappa shape index (κ3) is 4.98. The van der Waals surface area contributed by atoms with Gasteiger partial charge in [-0.3, -0.25) is 14.5 Å². The van der Waals surface area contributed by atoms with Crippen LogP contribution in [0.15, 0.2) is 5.38 Å². The first-order chi connectivity index (χ1) is 10.1. The van der Waals surface area contributed by atoms with E-state index in [9.17, 15) is 9.59 Å². The minimum Gasteiger partial charge on any atom is -0.375 e. The van der Waals surface area contributed by atoms with Crippen LogP contribution in [-0.2, 0) is 16.0 Å².